The van der Waals surface area contributed by atoms with Gasteiger partial charge < -0.3 is 15.6 Å². The van der Waals surface area contributed by atoms with E-state index >= 15 is 0 Å². The summed E-state index contributed by atoms with van der Waals surface area (Å²) in [5.74, 6) is 0.880. The molecular weight excluding hydrogens is 310 g/mol. The monoisotopic (exact) mass is 329 g/mol. The summed E-state index contributed by atoms with van der Waals surface area (Å²) in [5, 5.41) is 5.40. The van der Waals surface area contributed by atoms with Gasteiger partial charge in [0.2, 0.25) is 0 Å². The van der Waals surface area contributed by atoms with E-state index in [0.717, 1.165) is 34.7 Å². The number of hydrogen-bond donors (Lipinski definition) is 2. The quantitative estimate of drug-likeness (QED) is 0.676. The van der Waals surface area contributed by atoms with Crippen LogP contribution < -0.4 is 11.1 Å². The van der Waals surface area contributed by atoms with Crippen molar-refractivity contribution in [2.45, 2.75) is 19.4 Å². The molecule has 2 heterocycles. The van der Waals surface area contributed by atoms with Gasteiger partial charge in [0.05, 0.1) is 11.0 Å². The largest absolute Gasteiger partial charge is 0.351 e. The van der Waals surface area contributed by atoms with Gasteiger partial charge in [-0.15, -0.1) is 11.3 Å². The summed E-state index contributed by atoms with van der Waals surface area (Å²) >= 11 is 1.41. The van der Waals surface area contributed by atoms with Crippen molar-refractivity contribution in [1.82, 2.24) is 19.9 Å². The van der Waals surface area contributed by atoms with Crippen LogP contribution in [0.4, 0.5) is 0 Å². The number of nitrogens with zero attached hydrogens (tertiary/aromatic N) is 3. The molecule has 23 heavy (non-hydrogen) atoms. The molecule has 0 unspecified atom stereocenters. The molecule has 3 N–H and O–H groups in total. The number of carbonyl (C=O) groups excluding carboxylic acids is 1. The van der Waals surface area contributed by atoms with Gasteiger partial charge in [0.25, 0.3) is 5.91 Å². The van der Waals surface area contributed by atoms with E-state index in [9.17, 15) is 4.79 Å². The average Bonchev–Trinajstić information content (AvgIpc) is 3.17. The summed E-state index contributed by atoms with van der Waals surface area (Å²) in [5.41, 5.74) is 8.08. The predicted molar refractivity (Wildman–Crippen MR) is 91.4 cm³/mol. The summed E-state index contributed by atoms with van der Waals surface area (Å²) < 4.78 is 2.10. The lowest BCUT2D eigenvalue weighted by Gasteiger charge is -2.04. The molecule has 0 radical (unpaired) electrons. The van der Waals surface area contributed by atoms with Crippen molar-refractivity contribution in [1.29, 1.82) is 0 Å². The third-order valence-electron chi connectivity index (χ3n) is 3.70. The fourth-order valence-electron chi connectivity index (χ4n) is 2.47. The van der Waals surface area contributed by atoms with E-state index in [1.807, 2.05) is 25.2 Å². The Morgan fingerprint density at radius 1 is 1.35 bits per heavy atom. The molecule has 0 saturated carbocycles. The fourth-order valence-corrected chi connectivity index (χ4v) is 3.12. The van der Waals surface area contributed by atoms with Crippen molar-refractivity contribution in [3.63, 3.8) is 0 Å². The fraction of sp³-hybridized carbons (Fsp3) is 0.312. The Bertz CT molecular complexity index is 823. The first-order chi connectivity index (χ1) is 11.2. The van der Waals surface area contributed by atoms with Crippen LogP contribution in [0.25, 0.3) is 11.0 Å². The molecule has 3 aromatic rings. The molecule has 0 spiro atoms. The zero-order chi connectivity index (χ0) is 16.2. The smallest absolute Gasteiger partial charge is 0.270 e. The Kier molecular flexibility index (Phi) is 4.68. The molecular formula is C16H19N5OS. The van der Waals surface area contributed by atoms with Crippen molar-refractivity contribution in [2.75, 3.05) is 6.54 Å². The van der Waals surface area contributed by atoms with Crippen molar-refractivity contribution in [3.05, 3.63) is 46.2 Å². The van der Waals surface area contributed by atoms with Crippen LogP contribution in [-0.2, 0) is 20.0 Å². The van der Waals surface area contributed by atoms with Gasteiger partial charge >= 0.3 is 0 Å². The standard InChI is InChI=1S/C16H19N5OS/c1-21-13-6-3-2-5-11(13)19-14(21)7-4-8-18-16(22)12-10-23-15(9-17)20-12/h2-3,5-6,10H,4,7-9,17H2,1H3,(H,18,22). The topological polar surface area (TPSA) is 85.8 Å². The minimum Gasteiger partial charge on any atom is -0.351 e. The number of para-hydroxylation sites is 2. The van der Waals surface area contributed by atoms with Crippen LogP contribution in [0.5, 0.6) is 0 Å². The summed E-state index contributed by atoms with van der Waals surface area (Å²) in [6.07, 6.45) is 1.65. The Morgan fingerprint density at radius 3 is 2.91 bits per heavy atom. The number of nitrogens with one attached hydrogen (secondary N) is 1. The number of aromatic nitrogens is 3. The van der Waals surface area contributed by atoms with Gasteiger partial charge in [-0.1, -0.05) is 12.1 Å². The minimum atomic E-state index is -0.147. The molecule has 0 atom stereocenters. The third-order valence-corrected chi connectivity index (χ3v) is 4.57. The lowest BCUT2D eigenvalue weighted by Crippen LogP contribution is -2.25. The maximum absolute atomic E-state index is 12.0. The lowest BCUT2D eigenvalue weighted by molar-refractivity contribution is 0.0948. The number of rotatable bonds is 6. The van der Waals surface area contributed by atoms with Gasteiger partial charge in [0, 0.05) is 31.9 Å². The highest BCUT2D eigenvalue weighted by atomic mass is 32.1. The number of thiazole rings is 1. The number of imidazole rings is 1. The second-order valence-corrected chi connectivity index (χ2v) is 6.21. The molecule has 1 aromatic carbocycles. The normalized spacial score (nSPS) is 11.0. The molecule has 0 aliphatic heterocycles. The Balaban J connectivity index is 1.52. The second-order valence-electron chi connectivity index (χ2n) is 5.27. The predicted octanol–water partition coefficient (Wildman–Crippen LogP) is 1.85. The minimum absolute atomic E-state index is 0.147. The number of amides is 1. The number of hydrogen-bond acceptors (Lipinski definition) is 5. The van der Waals surface area contributed by atoms with Crippen LogP contribution in [0.15, 0.2) is 29.6 Å². The van der Waals surface area contributed by atoms with Crippen molar-refractivity contribution in [2.24, 2.45) is 12.8 Å². The molecule has 0 saturated heterocycles. The highest BCUT2D eigenvalue weighted by Crippen LogP contribution is 2.15. The molecule has 0 bridgehead atoms. The van der Waals surface area contributed by atoms with Gasteiger partial charge in [-0.3, -0.25) is 4.79 Å². The Morgan fingerprint density at radius 2 is 2.17 bits per heavy atom. The van der Waals surface area contributed by atoms with Gasteiger partial charge in [0.15, 0.2) is 0 Å². The second kappa shape index (κ2) is 6.89. The number of aryl methyl sites for hydroxylation is 2. The third kappa shape index (κ3) is 3.40. The summed E-state index contributed by atoms with van der Waals surface area (Å²) in [7, 11) is 2.02. The summed E-state index contributed by atoms with van der Waals surface area (Å²) in [4.78, 5) is 20.8. The first-order valence-electron chi connectivity index (χ1n) is 7.52. The maximum atomic E-state index is 12.0. The molecule has 7 heteroatoms. The molecule has 0 aliphatic rings. The Labute approximate surface area is 138 Å². The number of fused-ring (bicyclic) bond motifs is 1. The van der Waals surface area contributed by atoms with Gasteiger partial charge in [0.1, 0.15) is 16.5 Å². The molecule has 1 amide bonds. The van der Waals surface area contributed by atoms with Crippen LogP contribution in [0.2, 0.25) is 0 Å². The van der Waals surface area contributed by atoms with Gasteiger partial charge in [-0.25, -0.2) is 9.97 Å². The average molecular weight is 329 g/mol. The van der Waals surface area contributed by atoms with E-state index < -0.39 is 0 Å². The van der Waals surface area contributed by atoms with E-state index in [0.29, 0.717) is 18.8 Å². The number of carbonyl (C=O) groups is 1. The zero-order valence-corrected chi connectivity index (χ0v) is 13.8. The van der Waals surface area contributed by atoms with Crippen molar-refractivity contribution in [3.8, 4) is 0 Å². The van der Waals surface area contributed by atoms with E-state index in [1.54, 1.807) is 5.38 Å². The van der Waals surface area contributed by atoms with E-state index in [4.69, 9.17) is 5.73 Å². The van der Waals surface area contributed by atoms with Gasteiger partial charge in [-0.2, -0.15) is 0 Å². The molecule has 3 rings (SSSR count). The summed E-state index contributed by atoms with van der Waals surface area (Å²) in [6.45, 7) is 0.961. The van der Waals surface area contributed by atoms with E-state index in [2.05, 4.69) is 25.9 Å². The highest BCUT2D eigenvalue weighted by molar-refractivity contribution is 7.09. The lowest BCUT2D eigenvalue weighted by atomic mass is 10.3. The van der Waals surface area contributed by atoms with Crippen LogP contribution in [0.3, 0.4) is 0 Å². The maximum Gasteiger partial charge on any atom is 0.270 e. The molecule has 120 valence electrons. The van der Waals surface area contributed by atoms with E-state index in [-0.39, 0.29) is 5.91 Å². The first kappa shape index (κ1) is 15.6. The van der Waals surface area contributed by atoms with Gasteiger partial charge in [-0.05, 0) is 18.6 Å². The van der Waals surface area contributed by atoms with Crippen LogP contribution in [0.1, 0.15) is 27.7 Å². The van der Waals surface area contributed by atoms with Crippen molar-refractivity contribution >= 4 is 28.3 Å². The molecule has 0 fully saturated rings. The highest BCUT2D eigenvalue weighted by Gasteiger charge is 2.10. The number of nitrogens with two attached hydrogens (primary N) is 1. The number of benzene rings is 1. The van der Waals surface area contributed by atoms with Crippen LogP contribution >= 0.6 is 11.3 Å². The van der Waals surface area contributed by atoms with Crippen molar-refractivity contribution < 1.29 is 4.79 Å². The molecule has 6 nitrogen and oxygen atoms in total. The molecule has 0 aliphatic carbocycles. The Hall–Kier alpha value is -2.25. The van der Waals surface area contributed by atoms with Crippen LogP contribution in [-0.4, -0.2) is 27.0 Å². The first-order valence-corrected chi connectivity index (χ1v) is 8.40. The van der Waals surface area contributed by atoms with E-state index in [1.165, 1.54) is 11.3 Å². The van der Waals surface area contributed by atoms with Crippen LogP contribution in [0, 0.1) is 0 Å². The SMILES string of the molecule is Cn1c(CCCNC(=O)c2csc(CN)n2)nc2ccccc21. The summed E-state index contributed by atoms with van der Waals surface area (Å²) in [6, 6.07) is 8.07. The zero-order valence-electron chi connectivity index (χ0n) is 13.0. The molecule has 2 aromatic heterocycles.